The van der Waals surface area contributed by atoms with Gasteiger partial charge in [-0.25, -0.2) is 8.42 Å². The summed E-state index contributed by atoms with van der Waals surface area (Å²) in [5.41, 5.74) is 0.688. The Kier molecular flexibility index (Phi) is 3.10. The zero-order valence-electron chi connectivity index (χ0n) is 7.52. The Bertz CT molecular complexity index is 378. The maximum Gasteiger partial charge on any atom is 0.150 e. The Labute approximate surface area is 82.0 Å². The van der Waals surface area contributed by atoms with Gasteiger partial charge in [-0.2, -0.15) is 0 Å². The van der Waals surface area contributed by atoms with Crippen molar-refractivity contribution in [3.63, 3.8) is 0 Å². The fourth-order valence-electron chi connectivity index (χ4n) is 1.02. The van der Waals surface area contributed by atoms with Crippen LogP contribution in [0, 0.1) is 6.92 Å². The molecular formula is C8H12O3S2. The lowest BCUT2D eigenvalue weighted by atomic mass is 10.2. The number of hydrogen-bond donors (Lipinski definition) is 1. The number of hydrogen-bond acceptors (Lipinski definition) is 4. The third-order valence-electron chi connectivity index (χ3n) is 1.60. The van der Waals surface area contributed by atoms with Gasteiger partial charge in [0.05, 0.1) is 11.9 Å². The maximum absolute atomic E-state index is 10.9. The average molecular weight is 220 g/mol. The van der Waals surface area contributed by atoms with Crippen LogP contribution in [0.5, 0.6) is 0 Å². The number of aryl methyl sites for hydroxylation is 1. The van der Waals surface area contributed by atoms with E-state index in [9.17, 15) is 13.5 Å². The van der Waals surface area contributed by atoms with Crippen LogP contribution in [0.1, 0.15) is 16.5 Å². The first kappa shape index (κ1) is 10.7. The molecular weight excluding hydrogens is 208 g/mol. The molecule has 0 aromatic carbocycles. The van der Waals surface area contributed by atoms with Crippen molar-refractivity contribution in [3.8, 4) is 0 Å². The predicted octanol–water partition coefficient (Wildman–Crippen LogP) is 1.13. The van der Waals surface area contributed by atoms with Gasteiger partial charge in [-0.3, -0.25) is 0 Å². The average Bonchev–Trinajstić information content (AvgIpc) is 2.31. The number of aliphatic hydroxyl groups excluding tert-OH is 1. The molecule has 0 bridgehead atoms. The van der Waals surface area contributed by atoms with E-state index in [1.54, 1.807) is 11.4 Å². The van der Waals surface area contributed by atoms with Crippen LogP contribution in [0.2, 0.25) is 0 Å². The van der Waals surface area contributed by atoms with Gasteiger partial charge in [0.15, 0.2) is 0 Å². The van der Waals surface area contributed by atoms with Crippen LogP contribution in [0.4, 0.5) is 0 Å². The van der Waals surface area contributed by atoms with E-state index >= 15 is 0 Å². The Balaban J connectivity index is 2.75. The highest BCUT2D eigenvalue weighted by Crippen LogP contribution is 2.21. The van der Waals surface area contributed by atoms with Crippen molar-refractivity contribution in [2.75, 3.05) is 12.0 Å². The minimum atomic E-state index is -3.11. The molecule has 74 valence electrons. The normalized spacial score (nSPS) is 14.4. The molecule has 0 aliphatic rings. The third kappa shape index (κ3) is 3.46. The zero-order chi connectivity index (χ0) is 10.1. The highest BCUT2D eigenvalue weighted by molar-refractivity contribution is 7.90. The molecule has 1 heterocycles. The standard InChI is InChI=1S/C8H12O3S2/c1-6-3-7(4-12-6)8(9)5-13(2,10)11/h3-4,8-9H,5H2,1-2H3. The fraction of sp³-hybridized carbons (Fsp3) is 0.500. The van der Waals surface area contributed by atoms with Crippen molar-refractivity contribution < 1.29 is 13.5 Å². The van der Waals surface area contributed by atoms with Gasteiger partial charge in [-0.1, -0.05) is 0 Å². The SMILES string of the molecule is Cc1cc(C(O)CS(C)(=O)=O)cs1. The summed E-state index contributed by atoms with van der Waals surface area (Å²) in [6.45, 7) is 1.92. The lowest BCUT2D eigenvalue weighted by molar-refractivity contribution is 0.202. The van der Waals surface area contributed by atoms with Gasteiger partial charge in [0, 0.05) is 11.1 Å². The van der Waals surface area contributed by atoms with Gasteiger partial charge < -0.3 is 5.11 Å². The minimum Gasteiger partial charge on any atom is -0.387 e. The Hall–Kier alpha value is -0.390. The predicted molar refractivity (Wildman–Crippen MR) is 53.7 cm³/mol. The fourth-order valence-corrected chi connectivity index (χ4v) is 2.54. The van der Waals surface area contributed by atoms with Crippen molar-refractivity contribution in [1.82, 2.24) is 0 Å². The van der Waals surface area contributed by atoms with E-state index in [4.69, 9.17) is 0 Å². The van der Waals surface area contributed by atoms with E-state index in [-0.39, 0.29) is 5.75 Å². The molecule has 1 rings (SSSR count). The molecule has 0 saturated heterocycles. The second kappa shape index (κ2) is 3.77. The first-order chi connectivity index (χ1) is 5.88. The molecule has 0 spiro atoms. The summed E-state index contributed by atoms with van der Waals surface area (Å²) in [5.74, 6) is -0.205. The van der Waals surface area contributed by atoms with Crippen LogP contribution in [-0.2, 0) is 9.84 Å². The molecule has 3 nitrogen and oxygen atoms in total. The number of aliphatic hydroxyl groups is 1. The van der Waals surface area contributed by atoms with Crippen molar-refractivity contribution in [2.45, 2.75) is 13.0 Å². The summed E-state index contributed by atoms with van der Waals surface area (Å²) in [6, 6.07) is 1.81. The van der Waals surface area contributed by atoms with Crippen LogP contribution >= 0.6 is 11.3 Å². The molecule has 0 aliphatic carbocycles. The van der Waals surface area contributed by atoms with E-state index in [0.717, 1.165) is 11.1 Å². The second-order valence-corrected chi connectivity index (χ2v) is 6.40. The van der Waals surface area contributed by atoms with E-state index in [1.165, 1.54) is 11.3 Å². The monoisotopic (exact) mass is 220 g/mol. The maximum atomic E-state index is 10.9. The third-order valence-corrected chi connectivity index (χ3v) is 3.40. The zero-order valence-corrected chi connectivity index (χ0v) is 9.15. The molecule has 0 saturated carbocycles. The lowest BCUT2D eigenvalue weighted by Gasteiger charge is -2.05. The largest absolute Gasteiger partial charge is 0.387 e. The van der Waals surface area contributed by atoms with Crippen LogP contribution in [0.3, 0.4) is 0 Å². The second-order valence-electron chi connectivity index (χ2n) is 3.10. The van der Waals surface area contributed by atoms with Crippen LogP contribution in [0.15, 0.2) is 11.4 Å². The van der Waals surface area contributed by atoms with Crippen molar-refractivity contribution >= 4 is 21.2 Å². The highest BCUT2D eigenvalue weighted by Gasteiger charge is 2.14. The van der Waals surface area contributed by atoms with Crippen molar-refractivity contribution in [3.05, 3.63) is 21.9 Å². The van der Waals surface area contributed by atoms with Crippen molar-refractivity contribution in [2.24, 2.45) is 0 Å². The van der Waals surface area contributed by atoms with E-state index in [1.807, 2.05) is 6.92 Å². The number of thiophene rings is 1. The summed E-state index contributed by atoms with van der Waals surface area (Å²) >= 11 is 1.50. The number of sulfone groups is 1. The van der Waals surface area contributed by atoms with E-state index < -0.39 is 15.9 Å². The highest BCUT2D eigenvalue weighted by atomic mass is 32.2. The molecule has 1 atom stereocenters. The number of rotatable bonds is 3. The molecule has 0 radical (unpaired) electrons. The molecule has 0 amide bonds. The lowest BCUT2D eigenvalue weighted by Crippen LogP contribution is -2.11. The molecule has 0 fully saturated rings. The van der Waals surface area contributed by atoms with E-state index in [2.05, 4.69) is 0 Å². The van der Waals surface area contributed by atoms with Gasteiger partial charge in [-0.05, 0) is 23.9 Å². The smallest absolute Gasteiger partial charge is 0.150 e. The molecule has 0 aliphatic heterocycles. The minimum absolute atomic E-state index is 0.205. The summed E-state index contributed by atoms with van der Waals surface area (Å²) in [5, 5.41) is 11.3. The summed E-state index contributed by atoms with van der Waals surface area (Å²) in [7, 11) is -3.11. The molecule has 1 unspecified atom stereocenters. The van der Waals surface area contributed by atoms with Gasteiger partial charge in [0.1, 0.15) is 9.84 Å². The molecule has 1 aromatic heterocycles. The molecule has 1 aromatic rings. The van der Waals surface area contributed by atoms with Gasteiger partial charge in [0.2, 0.25) is 0 Å². The van der Waals surface area contributed by atoms with Gasteiger partial charge >= 0.3 is 0 Å². The Morgan fingerprint density at radius 1 is 1.62 bits per heavy atom. The Morgan fingerprint density at radius 2 is 2.23 bits per heavy atom. The quantitative estimate of drug-likeness (QED) is 0.831. The summed E-state index contributed by atoms with van der Waals surface area (Å²) in [4.78, 5) is 1.07. The topological polar surface area (TPSA) is 54.4 Å². The van der Waals surface area contributed by atoms with E-state index in [0.29, 0.717) is 5.56 Å². The van der Waals surface area contributed by atoms with Gasteiger partial charge in [-0.15, -0.1) is 11.3 Å². The first-order valence-corrected chi connectivity index (χ1v) is 6.73. The summed E-state index contributed by atoms with van der Waals surface area (Å²) < 4.78 is 21.7. The molecule has 13 heavy (non-hydrogen) atoms. The first-order valence-electron chi connectivity index (χ1n) is 3.79. The van der Waals surface area contributed by atoms with Crippen LogP contribution in [0.25, 0.3) is 0 Å². The molecule has 5 heteroatoms. The molecule has 1 N–H and O–H groups in total. The van der Waals surface area contributed by atoms with Crippen LogP contribution in [-0.4, -0.2) is 25.5 Å². The summed E-state index contributed by atoms with van der Waals surface area (Å²) in [6.07, 6.45) is 0.232. The van der Waals surface area contributed by atoms with Crippen molar-refractivity contribution in [1.29, 1.82) is 0 Å². The van der Waals surface area contributed by atoms with Crippen LogP contribution < -0.4 is 0 Å². The van der Waals surface area contributed by atoms with Gasteiger partial charge in [0.25, 0.3) is 0 Å². The Morgan fingerprint density at radius 3 is 2.62 bits per heavy atom.